The maximum Gasteiger partial charge on any atom is 0.337 e. The minimum Gasteiger partial charge on any atom is -0.465 e. The molecule has 0 N–H and O–H groups in total. The first-order valence-electron chi connectivity index (χ1n) is 8.22. The molecule has 5 nitrogen and oxygen atoms in total. The number of aromatic nitrogens is 3. The number of hydrogen-bond acceptors (Lipinski definition) is 5. The number of allylic oxidation sites excluding steroid dienone is 1. The van der Waals surface area contributed by atoms with Gasteiger partial charge in [0.25, 0.3) is 0 Å². The van der Waals surface area contributed by atoms with Gasteiger partial charge in [0, 0.05) is 22.9 Å². The van der Waals surface area contributed by atoms with Crippen LogP contribution >= 0.6 is 23.4 Å². The Hall–Kier alpha value is -2.57. The summed E-state index contributed by atoms with van der Waals surface area (Å²) in [5, 5.41) is 10.1. The normalized spacial score (nSPS) is 10.6. The van der Waals surface area contributed by atoms with Gasteiger partial charge >= 0.3 is 5.97 Å². The van der Waals surface area contributed by atoms with E-state index in [0.29, 0.717) is 22.9 Å². The molecule has 0 fully saturated rings. The van der Waals surface area contributed by atoms with E-state index in [2.05, 4.69) is 16.8 Å². The van der Waals surface area contributed by atoms with Gasteiger partial charge in [0.05, 0.1) is 12.7 Å². The molecule has 2 aromatic carbocycles. The third-order valence-electron chi connectivity index (χ3n) is 3.85. The predicted octanol–water partition coefficient (Wildman–Crippen LogP) is 4.86. The highest BCUT2D eigenvalue weighted by atomic mass is 35.5. The van der Waals surface area contributed by atoms with Crippen LogP contribution in [-0.2, 0) is 17.0 Å². The number of rotatable bonds is 7. The van der Waals surface area contributed by atoms with Crippen LogP contribution in [0.4, 0.5) is 0 Å². The number of carbonyl (C=O) groups excluding carboxylic acids is 1. The second-order valence-corrected chi connectivity index (χ2v) is 7.07. The van der Waals surface area contributed by atoms with E-state index in [1.54, 1.807) is 17.8 Å². The molecular formula is C20H18ClN3O2S. The molecule has 1 heterocycles. The average Bonchev–Trinajstić information content (AvgIpc) is 3.09. The molecule has 0 radical (unpaired) electrons. The quantitative estimate of drug-likeness (QED) is 0.322. The molecule has 0 aliphatic heterocycles. The van der Waals surface area contributed by atoms with Crippen LogP contribution in [0.1, 0.15) is 15.9 Å². The van der Waals surface area contributed by atoms with Crippen molar-refractivity contribution >= 4 is 29.3 Å². The van der Waals surface area contributed by atoms with Crippen molar-refractivity contribution in [2.24, 2.45) is 0 Å². The molecule has 3 rings (SSSR count). The van der Waals surface area contributed by atoms with E-state index in [9.17, 15) is 4.79 Å². The van der Waals surface area contributed by atoms with Crippen LogP contribution in [0.15, 0.2) is 66.3 Å². The lowest BCUT2D eigenvalue weighted by Gasteiger charge is -2.08. The summed E-state index contributed by atoms with van der Waals surface area (Å²) in [6.07, 6.45) is 1.81. The summed E-state index contributed by atoms with van der Waals surface area (Å²) in [5.74, 6) is 1.07. The fourth-order valence-electron chi connectivity index (χ4n) is 2.56. The summed E-state index contributed by atoms with van der Waals surface area (Å²) in [6.45, 7) is 4.42. The third-order valence-corrected chi connectivity index (χ3v) is 5.14. The predicted molar refractivity (Wildman–Crippen MR) is 108 cm³/mol. The van der Waals surface area contributed by atoms with Crippen molar-refractivity contribution in [3.63, 3.8) is 0 Å². The van der Waals surface area contributed by atoms with Crippen molar-refractivity contribution in [3.8, 4) is 11.4 Å². The van der Waals surface area contributed by atoms with Gasteiger partial charge in [-0.3, -0.25) is 4.57 Å². The van der Waals surface area contributed by atoms with Gasteiger partial charge in [0.1, 0.15) is 0 Å². The molecule has 0 amide bonds. The Balaban J connectivity index is 1.82. The Kier molecular flexibility index (Phi) is 6.32. The summed E-state index contributed by atoms with van der Waals surface area (Å²) >= 11 is 7.52. The Labute approximate surface area is 167 Å². The van der Waals surface area contributed by atoms with Crippen molar-refractivity contribution in [1.29, 1.82) is 0 Å². The van der Waals surface area contributed by atoms with Gasteiger partial charge < -0.3 is 4.74 Å². The smallest absolute Gasteiger partial charge is 0.337 e. The summed E-state index contributed by atoms with van der Waals surface area (Å²) in [7, 11) is 1.37. The van der Waals surface area contributed by atoms with Gasteiger partial charge in [-0.15, -0.1) is 16.8 Å². The number of thioether (sulfide) groups is 1. The second kappa shape index (κ2) is 8.88. The Morgan fingerprint density at radius 2 is 2.04 bits per heavy atom. The lowest BCUT2D eigenvalue weighted by Crippen LogP contribution is -2.02. The van der Waals surface area contributed by atoms with Crippen LogP contribution in [0.25, 0.3) is 11.4 Å². The van der Waals surface area contributed by atoms with Crippen molar-refractivity contribution in [2.45, 2.75) is 17.5 Å². The van der Waals surface area contributed by atoms with E-state index in [1.165, 1.54) is 7.11 Å². The zero-order valence-electron chi connectivity index (χ0n) is 14.8. The van der Waals surface area contributed by atoms with Crippen LogP contribution in [0.3, 0.4) is 0 Å². The van der Waals surface area contributed by atoms with E-state index >= 15 is 0 Å². The SMILES string of the molecule is C=CCn1c(SCc2cccc(C(=O)OC)c2)nnc1-c1ccc(Cl)cc1. The first-order chi connectivity index (χ1) is 13.1. The molecule has 0 saturated carbocycles. The van der Waals surface area contributed by atoms with Crippen LogP contribution in [0.2, 0.25) is 5.02 Å². The lowest BCUT2D eigenvalue weighted by molar-refractivity contribution is 0.0600. The lowest BCUT2D eigenvalue weighted by atomic mass is 10.1. The molecule has 7 heteroatoms. The summed E-state index contributed by atoms with van der Waals surface area (Å²) in [4.78, 5) is 11.7. The number of methoxy groups -OCH3 is 1. The molecule has 3 aromatic rings. The number of carbonyl (C=O) groups is 1. The van der Waals surface area contributed by atoms with Crippen LogP contribution < -0.4 is 0 Å². The van der Waals surface area contributed by atoms with E-state index < -0.39 is 0 Å². The molecule has 138 valence electrons. The molecule has 0 aliphatic rings. The molecule has 0 unspecified atom stereocenters. The Bertz CT molecular complexity index is 954. The minimum atomic E-state index is -0.346. The largest absolute Gasteiger partial charge is 0.465 e. The zero-order chi connectivity index (χ0) is 19.2. The fraction of sp³-hybridized carbons (Fsp3) is 0.150. The molecule has 0 saturated heterocycles. The fourth-order valence-corrected chi connectivity index (χ4v) is 3.57. The average molecular weight is 400 g/mol. The van der Waals surface area contributed by atoms with Gasteiger partial charge in [-0.25, -0.2) is 4.79 Å². The molecule has 0 spiro atoms. The number of esters is 1. The van der Waals surface area contributed by atoms with E-state index in [1.807, 2.05) is 53.1 Å². The van der Waals surface area contributed by atoms with Crippen LogP contribution in [0, 0.1) is 0 Å². The molecule has 27 heavy (non-hydrogen) atoms. The number of nitrogens with zero attached hydrogens (tertiary/aromatic N) is 3. The number of ether oxygens (including phenoxy) is 1. The zero-order valence-corrected chi connectivity index (χ0v) is 16.3. The number of benzene rings is 2. The van der Waals surface area contributed by atoms with E-state index in [0.717, 1.165) is 22.1 Å². The highest BCUT2D eigenvalue weighted by molar-refractivity contribution is 7.98. The number of hydrogen-bond donors (Lipinski definition) is 0. The van der Waals surface area contributed by atoms with Crippen molar-refractivity contribution < 1.29 is 9.53 Å². The Morgan fingerprint density at radius 3 is 2.74 bits per heavy atom. The summed E-state index contributed by atoms with van der Waals surface area (Å²) < 4.78 is 6.78. The second-order valence-electron chi connectivity index (χ2n) is 5.69. The molecular weight excluding hydrogens is 382 g/mol. The molecule has 0 bridgehead atoms. The standard InChI is InChI=1S/C20H18ClN3O2S/c1-3-11-24-18(15-7-9-17(21)10-8-15)22-23-20(24)27-13-14-5-4-6-16(12-14)19(25)26-2/h3-10,12H,1,11,13H2,2H3. The summed E-state index contributed by atoms with van der Waals surface area (Å²) in [5.41, 5.74) is 2.47. The van der Waals surface area contributed by atoms with Gasteiger partial charge in [-0.05, 0) is 42.0 Å². The maximum absolute atomic E-state index is 11.7. The first kappa shape index (κ1) is 19.2. The first-order valence-corrected chi connectivity index (χ1v) is 9.59. The van der Waals surface area contributed by atoms with Crippen LogP contribution in [-0.4, -0.2) is 27.8 Å². The van der Waals surface area contributed by atoms with Crippen molar-refractivity contribution in [1.82, 2.24) is 14.8 Å². The van der Waals surface area contributed by atoms with Crippen LogP contribution in [0.5, 0.6) is 0 Å². The molecule has 0 aliphatic carbocycles. The molecule has 0 atom stereocenters. The molecule has 1 aromatic heterocycles. The van der Waals surface area contributed by atoms with Gasteiger partial charge in [0.15, 0.2) is 11.0 Å². The van der Waals surface area contributed by atoms with Gasteiger partial charge in [0.2, 0.25) is 0 Å². The van der Waals surface area contributed by atoms with Gasteiger partial charge in [-0.1, -0.05) is 41.6 Å². The summed E-state index contributed by atoms with van der Waals surface area (Å²) in [6, 6.07) is 14.9. The third kappa shape index (κ3) is 4.59. The highest BCUT2D eigenvalue weighted by Crippen LogP contribution is 2.27. The number of halogens is 1. The highest BCUT2D eigenvalue weighted by Gasteiger charge is 2.14. The minimum absolute atomic E-state index is 0.346. The topological polar surface area (TPSA) is 57.0 Å². The van der Waals surface area contributed by atoms with Crippen molar-refractivity contribution in [3.05, 3.63) is 77.3 Å². The van der Waals surface area contributed by atoms with Gasteiger partial charge in [-0.2, -0.15) is 0 Å². The maximum atomic E-state index is 11.7. The van der Waals surface area contributed by atoms with Crippen molar-refractivity contribution in [2.75, 3.05) is 7.11 Å². The monoisotopic (exact) mass is 399 g/mol. The van der Waals surface area contributed by atoms with E-state index in [4.69, 9.17) is 16.3 Å². The van der Waals surface area contributed by atoms with E-state index in [-0.39, 0.29) is 5.97 Å². The Morgan fingerprint density at radius 1 is 1.26 bits per heavy atom.